The minimum Gasteiger partial charge on any atom is -0.383 e. The number of carbonyl (C=O) groups is 1. The molecule has 3 N–H and O–H groups in total. The van der Waals surface area contributed by atoms with Crippen molar-refractivity contribution in [3.05, 3.63) is 51.6 Å². The first-order chi connectivity index (χ1) is 8.99. The van der Waals surface area contributed by atoms with Crippen molar-refractivity contribution in [2.24, 2.45) is 0 Å². The Balaban J connectivity index is 2.31. The number of amides is 1. The summed E-state index contributed by atoms with van der Waals surface area (Å²) in [5.74, 6) is -0.0500. The Morgan fingerprint density at radius 1 is 1.37 bits per heavy atom. The molecule has 0 aliphatic heterocycles. The molecule has 2 rings (SSSR count). The van der Waals surface area contributed by atoms with Crippen LogP contribution in [0, 0.1) is 13.8 Å². The first kappa shape index (κ1) is 13.5. The van der Waals surface area contributed by atoms with Crippen LogP contribution in [0.5, 0.6) is 0 Å². The summed E-state index contributed by atoms with van der Waals surface area (Å²) in [4.78, 5) is 16.2. The molecule has 0 saturated carbocycles. The molecule has 4 nitrogen and oxygen atoms in total. The molecule has 19 heavy (non-hydrogen) atoms. The number of carbonyl (C=O) groups excluding carboxylic acids is 1. The second-order valence-electron chi connectivity index (χ2n) is 4.29. The normalized spacial score (nSPS) is 10.3. The smallest absolute Gasteiger partial charge is 0.259 e. The lowest BCUT2D eigenvalue weighted by atomic mass is 10.1. The van der Waals surface area contributed by atoms with Crippen molar-refractivity contribution in [1.82, 2.24) is 4.98 Å². The fourth-order valence-electron chi connectivity index (χ4n) is 1.71. The number of hydrogen-bond donors (Lipinski definition) is 2. The molecule has 0 spiro atoms. The summed E-state index contributed by atoms with van der Waals surface area (Å²) in [7, 11) is 0. The van der Waals surface area contributed by atoms with Gasteiger partial charge in [-0.3, -0.25) is 4.79 Å². The predicted octanol–water partition coefficient (Wildman–Crippen LogP) is 3.30. The van der Waals surface area contributed by atoms with Crippen molar-refractivity contribution in [2.45, 2.75) is 13.8 Å². The van der Waals surface area contributed by atoms with Gasteiger partial charge in [0, 0.05) is 16.4 Å². The fourth-order valence-corrected chi connectivity index (χ4v) is 2.04. The second-order valence-corrected chi connectivity index (χ2v) is 5.20. The van der Waals surface area contributed by atoms with Crippen molar-refractivity contribution >= 4 is 33.3 Å². The lowest BCUT2D eigenvalue weighted by molar-refractivity contribution is 0.102. The van der Waals surface area contributed by atoms with Gasteiger partial charge < -0.3 is 11.1 Å². The van der Waals surface area contributed by atoms with Crippen LogP contribution >= 0.6 is 15.9 Å². The number of halogens is 1. The summed E-state index contributed by atoms with van der Waals surface area (Å²) in [5.41, 5.74) is 9.02. The van der Waals surface area contributed by atoms with Crippen LogP contribution in [-0.4, -0.2) is 10.9 Å². The summed E-state index contributed by atoms with van der Waals surface area (Å²) < 4.78 is 0.716. The molecule has 0 radical (unpaired) electrons. The molecule has 1 aromatic heterocycles. The van der Waals surface area contributed by atoms with Crippen LogP contribution in [0.1, 0.15) is 21.5 Å². The SMILES string of the molecule is Cc1cccc(NC(=O)c2cc(Br)cnc2N)c1C. The highest BCUT2D eigenvalue weighted by molar-refractivity contribution is 9.10. The first-order valence-electron chi connectivity index (χ1n) is 5.77. The summed E-state index contributed by atoms with van der Waals surface area (Å²) in [6, 6.07) is 7.42. The second kappa shape index (κ2) is 5.40. The van der Waals surface area contributed by atoms with Crippen LogP contribution in [0.2, 0.25) is 0 Å². The van der Waals surface area contributed by atoms with E-state index in [1.807, 2.05) is 32.0 Å². The van der Waals surface area contributed by atoms with Gasteiger partial charge in [0.1, 0.15) is 5.82 Å². The largest absolute Gasteiger partial charge is 0.383 e. The maximum atomic E-state index is 12.2. The van der Waals surface area contributed by atoms with E-state index in [0.717, 1.165) is 16.8 Å². The topological polar surface area (TPSA) is 68.0 Å². The maximum absolute atomic E-state index is 12.2. The number of nitrogen functional groups attached to an aromatic ring is 1. The van der Waals surface area contributed by atoms with Gasteiger partial charge in [0.25, 0.3) is 5.91 Å². The van der Waals surface area contributed by atoms with Crippen LogP contribution in [-0.2, 0) is 0 Å². The van der Waals surface area contributed by atoms with E-state index >= 15 is 0 Å². The molecule has 1 aromatic carbocycles. The van der Waals surface area contributed by atoms with Gasteiger partial charge in [-0.1, -0.05) is 12.1 Å². The lowest BCUT2D eigenvalue weighted by Crippen LogP contribution is -2.15. The highest BCUT2D eigenvalue weighted by Gasteiger charge is 2.13. The van der Waals surface area contributed by atoms with Gasteiger partial charge in [0.05, 0.1) is 5.56 Å². The van der Waals surface area contributed by atoms with Gasteiger partial charge in [0.2, 0.25) is 0 Å². The van der Waals surface area contributed by atoms with E-state index in [1.54, 1.807) is 12.3 Å². The van der Waals surface area contributed by atoms with Crippen molar-refractivity contribution in [1.29, 1.82) is 0 Å². The van der Waals surface area contributed by atoms with Gasteiger partial charge in [0.15, 0.2) is 0 Å². The van der Waals surface area contributed by atoms with E-state index in [9.17, 15) is 4.79 Å². The molecular weight excluding hydrogens is 306 g/mol. The number of anilines is 2. The zero-order valence-electron chi connectivity index (χ0n) is 10.7. The summed E-state index contributed by atoms with van der Waals surface area (Å²) in [5, 5.41) is 2.86. The number of nitrogens with zero attached hydrogens (tertiary/aromatic N) is 1. The number of rotatable bonds is 2. The summed E-state index contributed by atoms with van der Waals surface area (Å²) in [6.45, 7) is 3.97. The number of hydrogen-bond acceptors (Lipinski definition) is 3. The van der Waals surface area contributed by atoms with Crippen molar-refractivity contribution in [3.8, 4) is 0 Å². The Hall–Kier alpha value is -1.88. The molecule has 2 aromatic rings. The quantitative estimate of drug-likeness (QED) is 0.892. The van der Waals surface area contributed by atoms with Gasteiger partial charge in [-0.25, -0.2) is 4.98 Å². The van der Waals surface area contributed by atoms with Gasteiger partial charge >= 0.3 is 0 Å². The lowest BCUT2D eigenvalue weighted by Gasteiger charge is -2.11. The van der Waals surface area contributed by atoms with E-state index < -0.39 is 0 Å². The molecule has 0 unspecified atom stereocenters. The van der Waals surface area contributed by atoms with Crippen LogP contribution in [0.25, 0.3) is 0 Å². The van der Waals surface area contributed by atoms with Crippen molar-refractivity contribution in [2.75, 3.05) is 11.1 Å². The molecule has 5 heteroatoms. The van der Waals surface area contributed by atoms with Crippen LogP contribution in [0.3, 0.4) is 0 Å². The minimum absolute atomic E-state index is 0.214. The third-order valence-corrected chi connectivity index (χ3v) is 3.42. The third kappa shape index (κ3) is 2.93. The van der Waals surface area contributed by atoms with Crippen molar-refractivity contribution in [3.63, 3.8) is 0 Å². The fraction of sp³-hybridized carbons (Fsp3) is 0.143. The number of pyridine rings is 1. The molecule has 1 heterocycles. The van der Waals surface area contributed by atoms with E-state index in [4.69, 9.17) is 5.73 Å². The number of benzene rings is 1. The van der Waals surface area contributed by atoms with Crippen LogP contribution < -0.4 is 11.1 Å². The average Bonchev–Trinajstić information content (AvgIpc) is 2.38. The van der Waals surface area contributed by atoms with Gasteiger partial charge in [-0.05, 0) is 53.0 Å². The molecule has 1 amide bonds. The molecule has 0 fully saturated rings. The van der Waals surface area contributed by atoms with Crippen LogP contribution in [0.15, 0.2) is 34.9 Å². The summed E-state index contributed by atoms with van der Waals surface area (Å²) in [6.07, 6.45) is 1.56. The maximum Gasteiger partial charge on any atom is 0.259 e. The Labute approximate surface area is 120 Å². The van der Waals surface area contributed by atoms with Gasteiger partial charge in [-0.15, -0.1) is 0 Å². The standard InChI is InChI=1S/C14H14BrN3O/c1-8-4-3-5-12(9(8)2)18-14(19)11-6-10(15)7-17-13(11)16/h3-7H,1-2H3,(H2,16,17)(H,18,19). The molecule has 0 atom stereocenters. The number of nitrogens with two attached hydrogens (primary N) is 1. The Morgan fingerprint density at radius 3 is 2.84 bits per heavy atom. The highest BCUT2D eigenvalue weighted by atomic mass is 79.9. The Bertz CT molecular complexity index is 641. The van der Waals surface area contributed by atoms with E-state index in [0.29, 0.717) is 10.0 Å². The number of nitrogens with one attached hydrogen (secondary N) is 1. The highest BCUT2D eigenvalue weighted by Crippen LogP contribution is 2.21. The number of aryl methyl sites for hydroxylation is 1. The zero-order valence-corrected chi connectivity index (χ0v) is 12.3. The van der Waals surface area contributed by atoms with E-state index in [1.165, 1.54) is 0 Å². The zero-order chi connectivity index (χ0) is 14.0. The minimum atomic E-state index is -0.264. The molecule has 0 saturated heterocycles. The average molecular weight is 320 g/mol. The van der Waals surface area contributed by atoms with Gasteiger partial charge in [-0.2, -0.15) is 0 Å². The summed E-state index contributed by atoms with van der Waals surface area (Å²) >= 11 is 3.28. The van der Waals surface area contributed by atoms with E-state index in [-0.39, 0.29) is 11.7 Å². The first-order valence-corrected chi connectivity index (χ1v) is 6.57. The molecular formula is C14H14BrN3O. The predicted molar refractivity (Wildman–Crippen MR) is 80.2 cm³/mol. The molecule has 0 aliphatic rings. The third-order valence-electron chi connectivity index (χ3n) is 2.98. The van der Waals surface area contributed by atoms with Crippen LogP contribution in [0.4, 0.5) is 11.5 Å². The molecule has 0 aliphatic carbocycles. The molecule has 0 bridgehead atoms. The van der Waals surface area contributed by atoms with E-state index in [2.05, 4.69) is 26.2 Å². The van der Waals surface area contributed by atoms with Crippen molar-refractivity contribution < 1.29 is 4.79 Å². The Morgan fingerprint density at radius 2 is 2.11 bits per heavy atom. The number of aromatic nitrogens is 1. The molecule has 98 valence electrons. The Kier molecular flexibility index (Phi) is 3.85. The monoisotopic (exact) mass is 319 g/mol.